The van der Waals surface area contributed by atoms with Crippen LogP contribution < -0.4 is 5.32 Å². The predicted octanol–water partition coefficient (Wildman–Crippen LogP) is 4.68. The number of allylic oxidation sites excluding steroid dienone is 1. The summed E-state index contributed by atoms with van der Waals surface area (Å²) in [5.74, 6) is 1.92. The van der Waals surface area contributed by atoms with Gasteiger partial charge in [-0.05, 0) is 56.9 Å². The van der Waals surface area contributed by atoms with Gasteiger partial charge in [-0.2, -0.15) is 0 Å². The molecule has 0 heterocycles. The fourth-order valence-corrected chi connectivity index (χ4v) is 3.93. The zero-order chi connectivity index (χ0) is 12.8. The van der Waals surface area contributed by atoms with Crippen molar-refractivity contribution in [2.75, 3.05) is 6.54 Å². The van der Waals surface area contributed by atoms with Gasteiger partial charge in [-0.3, -0.25) is 0 Å². The summed E-state index contributed by atoms with van der Waals surface area (Å²) in [6, 6.07) is 0.699. The van der Waals surface area contributed by atoms with Gasteiger partial charge in [0.05, 0.1) is 0 Å². The highest BCUT2D eigenvalue weighted by atomic mass is 14.9. The first-order chi connectivity index (χ1) is 8.85. The van der Waals surface area contributed by atoms with Crippen LogP contribution >= 0.6 is 0 Å². The quantitative estimate of drug-likeness (QED) is 0.698. The molecule has 0 amide bonds. The molecule has 0 aliphatic heterocycles. The molecular formula is C17H31N. The molecule has 0 radical (unpaired) electrons. The van der Waals surface area contributed by atoms with Crippen LogP contribution in [0.3, 0.4) is 0 Å². The van der Waals surface area contributed by atoms with Crippen molar-refractivity contribution in [2.45, 2.75) is 77.7 Å². The fraction of sp³-hybridized carbons (Fsp3) is 0.882. The average Bonchev–Trinajstić information content (AvgIpc) is 2.70. The summed E-state index contributed by atoms with van der Waals surface area (Å²) >= 11 is 0. The van der Waals surface area contributed by atoms with Gasteiger partial charge in [-0.15, -0.1) is 0 Å². The van der Waals surface area contributed by atoms with E-state index >= 15 is 0 Å². The molecule has 1 saturated carbocycles. The van der Waals surface area contributed by atoms with Crippen molar-refractivity contribution in [3.63, 3.8) is 0 Å². The van der Waals surface area contributed by atoms with E-state index in [1.807, 2.05) is 0 Å². The zero-order valence-electron chi connectivity index (χ0n) is 12.4. The highest BCUT2D eigenvalue weighted by Crippen LogP contribution is 2.38. The van der Waals surface area contributed by atoms with E-state index in [0.717, 1.165) is 18.4 Å². The summed E-state index contributed by atoms with van der Waals surface area (Å²) in [5, 5.41) is 3.80. The summed E-state index contributed by atoms with van der Waals surface area (Å²) in [6.45, 7) is 5.74. The minimum atomic E-state index is 0.699. The maximum Gasteiger partial charge on any atom is 0.0307 e. The van der Waals surface area contributed by atoms with E-state index in [0.29, 0.717) is 6.04 Å². The Balaban J connectivity index is 2.00. The molecule has 0 aromatic rings. The lowest BCUT2D eigenvalue weighted by Gasteiger charge is -2.27. The Bertz CT molecular complexity index is 269. The predicted molar refractivity (Wildman–Crippen MR) is 79.8 cm³/mol. The second-order valence-electron chi connectivity index (χ2n) is 6.26. The topological polar surface area (TPSA) is 12.0 Å². The summed E-state index contributed by atoms with van der Waals surface area (Å²) in [7, 11) is 0. The van der Waals surface area contributed by atoms with E-state index in [1.165, 1.54) is 57.8 Å². The Kier molecular flexibility index (Phi) is 5.75. The Labute approximate surface area is 113 Å². The summed E-state index contributed by atoms with van der Waals surface area (Å²) in [6.07, 6.45) is 15.3. The van der Waals surface area contributed by atoms with Crippen LogP contribution in [0.5, 0.6) is 0 Å². The van der Waals surface area contributed by atoms with E-state index < -0.39 is 0 Å². The van der Waals surface area contributed by atoms with Crippen molar-refractivity contribution < 1.29 is 0 Å². The summed E-state index contributed by atoms with van der Waals surface area (Å²) in [4.78, 5) is 0. The number of hydrogen-bond acceptors (Lipinski definition) is 1. The van der Waals surface area contributed by atoms with Crippen molar-refractivity contribution in [2.24, 2.45) is 11.8 Å². The second kappa shape index (κ2) is 7.33. The van der Waals surface area contributed by atoms with Gasteiger partial charge < -0.3 is 5.32 Å². The molecule has 2 aliphatic rings. The molecule has 1 nitrogen and oxygen atoms in total. The molecule has 0 aromatic heterocycles. The van der Waals surface area contributed by atoms with E-state index in [2.05, 4.69) is 25.2 Å². The monoisotopic (exact) mass is 249 g/mol. The third-order valence-electron chi connectivity index (χ3n) is 5.03. The second-order valence-corrected chi connectivity index (χ2v) is 6.26. The van der Waals surface area contributed by atoms with Gasteiger partial charge in [0.2, 0.25) is 0 Å². The van der Waals surface area contributed by atoms with E-state index in [9.17, 15) is 0 Å². The van der Waals surface area contributed by atoms with Crippen molar-refractivity contribution in [3.05, 3.63) is 11.6 Å². The van der Waals surface area contributed by atoms with Crippen LogP contribution in [0, 0.1) is 11.8 Å². The van der Waals surface area contributed by atoms with Crippen LogP contribution in [0.1, 0.15) is 71.6 Å². The molecule has 1 heteroatoms. The highest BCUT2D eigenvalue weighted by Gasteiger charge is 2.31. The Morgan fingerprint density at radius 1 is 1.22 bits per heavy atom. The number of likely N-dealkylation sites (N-methyl/N-ethyl adjacent to an activating group) is 1. The van der Waals surface area contributed by atoms with Crippen LogP contribution in [0.4, 0.5) is 0 Å². The van der Waals surface area contributed by atoms with Crippen molar-refractivity contribution in [1.82, 2.24) is 5.32 Å². The Morgan fingerprint density at radius 3 is 2.83 bits per heavy atom. The average molecular weight is 249 g/mol. The van der Waals surface area contributed by atoms with Gasteiger partial charge in [0.15, 0.2) is 0 Å². The van der Waals surface area contributed by atoms with Crippen molar-refractivity contribution in [3.8, 4) is 0 Å². The summed E-state index contributed by atoms with van der Waals surface area (Å²) in [5.41, 5.74) is 1.75. The minimum absolute atomic E-state index is 0.699. The maximum absolute atomic E-state index is 3.80. The fourth-order valence-electron chi connectivity index (χ4n) is 3.93. The first-order valence-electron chi connectivity index (χ1n) is 8.27. The van der Waals surface area contributed by atoms with Gasteiger partial charge in [0.25, 0.3) is 0 Å². The third-order valence-corrected chi connectivity index (χ3v) is 5.03. The highest BCUT2D eigenvalue weighted by molar-refractivity contribution is 5.14. The number of hydrogen-bond donors (Lipinski definition) is 1. The van der Waals surface area contributed by atoms with Gasteiger partial charge >= 0.3 is 0 Å². The molecule has 3 atom stereocenters. The number of rotatable bonds is 5. The lowest BCUT2D eigenvalue weighted by Crippen LogP contribution is -2.37. The molecule has 2 aliphatic carbocycles. The molecule has 0 aromatic carbocycles. The maximum atomic E-state index is 3.80. The smallest absolute Gasteiger partial charge is 0.0307 e. The molecule has 0 spiro atoms. The molecular weight excluding hydrogens is 218 g/mol. The Morgan fingerprint density at radius 2 is 2.11 bits per heavy atom. The summed E-state index contributed by atoms with van der Waals surface area (Å²) < 4.78 is 0. The standard InChI is InChI=1S/C17H31N/c1-3-14-11-12-16(13-14)17(18-4-2)15-9-7-5-6-8-10-15/h9,14,16-18H,3-8,10-13H2,1-2H3. The van der Waals surface area contributed by atoms with Gasteiger partial charge in [0, 0.05) is 6.04 Å². The normalized spacial score (nSPS) is 30.9. The molecule has 18 heavy (non-hydrogen) atoms. The first-order valence-corrected chi connectivity index (χ1v) is 8.27. The van der Waals surface area contributed by atoms with Gasteiger partial charge in [-0.1, -0.05) is 44.8 Å². The molecule has 2 rings (SSSR count). The van der Waals surface area contributed by atoms with Gasteiger partial charge in [-0.25, -0.2) is 0 Å². The Hall–Kier alpha value is -0.300. The van der Waals surface area contributed by atoms with Crippen LogP contribution in [-0.2, 0) is 0 Å². The third kappa shape index (κ3) is 3.60. The molecule has 1 N–H and O–H groups in total. The molecule has 0 saturated heterocycles. The molecule has 1 fully saturated rings. The van der Waals surface area contributed by atoms with E-state index in [4.69, 9.17) is 0 Å². The van der Waals surface area contributed by atoms with Crippen LogP contribution in [0.15, 0.2) is 11.6 Å². The zero-order valence-corrected chi connectivity index (χ0v) is 12.4. The first kappa shape index (κ1) is 14.1. The molecule has 104 valence electrons. The lowest BCUT2D eigenvalue weighted by atomic mass is 9.88. The van der Waals surface area contributed by atoms with E-state index in [1.54, 1.807) is 5.57 Å². The van der Waals surface area contributed by atoms with Crippen LogP contribution in [0.2, 0.25) is 0 Å². The van der Waals surface area contributed by atoms with Crippen molar-refractivity contribution >= 4 is 0 Å². The number of nitrogens with one attached hydrogen (secondary N) is 1. The lowest BCUT2D eigenvalue weighted by molar-refractivity contribution is 0.379. The van der Waals surface area contributed by atoms with Gasteiger partial charge in [0.1, 0.15) is 0 Å². The molecule has 0 bridgehead atoms. The minimum Gasteiger partial charge on any atom is -0.310 e. The largest absolute Gasteiger partial charge is 0.310 e. The SMILES string of the molecule is CCNC(C1=CCCCCC1)C1CCC(CC)C1. The van der Waals surface area contributed by atoms with Crippen molar-refractivity contribution in [1.29, 1.82) is 0 Å². The van der Waals surface area contributed by atoms with Crippen LogP contribution in [-0.4, -0.2) is 12.6 Å². The van der Waals surface area contributed by atoms with Crippen LogP contribution in [0.25, 0.3) is 0 Å². The van der Waals surface area contributed by atoms with E-state index in [-0.39, 0.29) is 0 Å². The molecule has 3 unspecified atom stereocenters.